The van der Waals surface area contributed by atoms with E-state index in [2.05, 4.69) is 10.6 Å². The van der Waals surface area contributed by atoms with Gasteiger partial charge in [0, 0.05) is 24.2 Å². The molecule has 1 aliphatic heterocycles. The monoisotopic (exact) mass is 340 g/mol. The number of carbonyl (C=O) groups is 2. The maximum absolute atomic E-state index is 12.4. The van der Waals surface area contributed by atoms with Gasteiger partial charge in [-0.3, -0.25) is 9.59 Å². The third-order valence-corrected chi connectivity index (χ3v) is 3.89. The van der Waals surface area contributed by atoms with Gasteiger partial charge in [-0.15, -0.1) is 0 Å². The maximum Gasteiger partial charge on any atom is 0.265 e. The average molecular weight is 340 g/mol. The standard InChI is InChI=1S/C19H20N2O4/c1-12(22)11-20-18(23)14-6-4-7-15(9-14)21-19(24)17-10-13-5-2-3-8-16(13)25-17/h2-9,12,17,22H,10-11H2,1H3,(H,20,23)(H,21,24). The van der Waals surface area contributed by atoms with E-state index in [0.29, 0.717) is 17.7 Å². The highest BCUT2D eigenvalue weighted by atomic mass is 16.5. The van der Waals surface area contributed by atoms with E-state index < -0.39 is 12.2 Å². The lowest BCUT2D eigenvalue weighted by molar-refractivity contribution is -0.122. The number of nitrogens with one attached hydrogen (secondary N) is 2. The third kappa shape index (κ3) is 4.16. The molecule has 0 saturated heterocycles. The molecule has 0 fully saturated rings. The highest BCUT2D eigenvalue weighted by molar-refractivity contribution is 5.98. The van der Waals surface area contributed by atoms with Crippen LogP contribution in [0.5, 0.6) is 5.75 Å². The van der Waals surface area contributed by atoms with Crippen LogP contribution in [0.2, 0.25) is 0 Å². The number of carbonyl (C=O) groups excluding carboxylic acids is 2. The highest BCUT2D eigenvalue weighted by Crippen LogP contribution is 2.28. The number of hydrogen-bond donors (Lipinski definition) is 3. The molecule has 6 nitrogen and oxygen atoms in total. The third-order valence-electron chi connectivity index (χ3n) is 3.89. The zero-order valence-corrected chi connectivity index (χ0v) is 13.9. The van der Waals surface area contributed by atoms with Gasteiger partial charge >= 0.3 is 0 Å². The molecule has 0 bridgehead atoms. The molecular formula is C19H20N2O4. The second-order valence-corrected chi connectivity index (χ2v) is 6.05. The summed E-state index contributed by atoms with van der Waals surface area (Å²) in [7, 11) is 0. The van der Waals surface area contributed by atoms with Crippen molar-refractivity contribution in [1.82, 2.24) is 5.32 Å². The van der Waals surface area contributed by atoms with Gasteiger partial charge in [0.1, 0.15) is 5.75 Å². The van der Waals surface area contributed by atoms with E-state index in [4.69, 9.17) is 4.74 Å². The van der Waals surface area contributed by atoms with E-state index in [1.54, 1.807) is 31.2 Å². The molecule has 130 valence electrons. The van der Waals surface area contributed by atoms with Crippen LogP contribution in [0, 0.1) is 0 Å². The van der Waals surface area contributed by atoms with Crippen molar-refractivity contribution in [2.75, 3.05) is 11.9 Å². The second kappa shape index (κ2) is 7.36. The molecule has 0 saturated carbocycles. The Morgan fingerprint density at radius 1 is 1.24 bits per heavy atom. The van der Waals surface area contributed by atoms with E-state index >= 15 is 0 Å². The molecule has 3 N–H and O–H groups in total. The normalized spacial score (nSPS) is 16.5. The van der Waals surface area contributed by atoms with Crippen molar-refractivity contribution in [1.29, 1.82) is 0 Å². The minimum absolute atomic E-state index is 0.170. The Morgan fingerprint density at radius 3 is 2.80 bits per heavy atom. The first-order valence-corrected chi connectivity index (χ1v) is 8.14. The summed E-state index contributed by atoms with van der Waals surface area (Å²) >= 11 is 0. The Labute approximate surface area is 145 Å². The quantitative estimate of drug-likeness (QED) is 0.774. The number of benzene rings is 2. The van der Waals surface area contributed by atoms with Gasteiger partial charge in [0.05, 0.1) is 6.10 Å². The van der Waals surface area contributed by atoms with E-state index in [1.165, 1.54) is 0 Å². The van der Waals surface area contributed by atoms with Crippen LogP contribution in [0.1, 0.15) is 22.8 Å². The Hall–Kier alpha value is -2.86. The number of para-hydroxylation sites is 1. The fourth-order valence-corrected chi connectivity index (χ4v) is 2.63. The van der Waals surface area contributed by atoms with Gasteiger partial charge in [0.25, 0.3) is 11.8 Å². The molecule has 3 rings (SSSR count). The predicted octanol–water partition coefficient (Wildman–Crippen LogP) is 1.74. The minimum atomic E-state index is -0.618. The Kier molecular flexibility index (Phi) is 5.00. The fourth-order valence-electron chi connectivity index (χ4n) is 2.63. The summed E-state index contributed by atoms with van der Waals surface area (Å²) in [5, 5.41) is 14.6. The van der Waals surface area contributed by atoms with E-state index in [9.17, 15) is 14.7 Å². The lowest BCUT2D eigenvalue weighted by Gasteiger charge is -2.12. The van der Waals surface area contributed by atoms with Gasteiger partial charge in [-0.2, -0.15) is 0 Å². The summed E-state index contributed by atoms with van der Waals surface area (Å²) in [4.78, 5) is 24.4. The molecule has 6 heteroatoms. The molecule has 2 amide bonds. The van der Waals surface area contributed by atoms with Crippen molar-refractivity contribution in [3.05, 3.63) is 59.7 Å². The lowest BCUT2D eigenvalue weighted by Crippen LogP contribution is -2.32. The number of aliphatic hydroxyl groups excluding tert-OH is 1. The summed E-state index contributed by atoms with van der Waals surface area (Å²) < 4.78 is 5.66. The molecule has 1 heterocycles. The summed E-state index contributed by atoms with van der Waals surface area (Å²) in [6.45, 7) is 1.76. The second-order valence-electron chi connectivity index (χ2n) is 6.05. The highest BCUT2D eigenvalue weighted by Gasteiger charge is 2.28. The molecule has 2 atom stereocenters. The molecule has 2 unspecified atom stereocenters. The molecule has 25 heavy (non-hydrogen) atoms. The molecule has 1 aliphatic rings. The zero-order valence-electron chi connectivity index (χ0n) is 13.9. The van der Waals surface area contributed by atoms with Crippen LogP contribution in [0.4, 0.5) is 5.69 Å². The number of amides is 2. The number of fused-ring (bicyclic) bond motifs is 1. The SMILES string of the molecule is CC(O)CNC(=O)c1cccc(NC(=O)C2Cc3ccccc3O2)c1. The van der Waals surface area contributed by atoms with Crippen molar-refractivity contribution in [2.24, 2.45) is 0 Å². The number of aliphatic hydroxyl groups is 1. The van der Waals surface area contributed by atoms with Crippen molar-refractivity contribution in [3.63, 3.8) is 0 Å². The first-order chi connectivity index (χ1) is 12.0. The molecule has 2 aromatic rings. The van der Waals surface area contributed by atoms with Crippen LogP contribution in [-0.2, 0) is 11.2 Å². The first kappa shape index (κ1) is 17.0. The summed E-state index contributed by atoms with van der Waals surface area (Å²) in [6, 6.07) is 14.2. The van der Waals surface area contributed by atoms with E-state index in [0.717, 1.165) is 11.3 Å². The Morgan fingerprint density at radius 2 is 2.04 bits per heavy atom. The summed E-state index contributed by atoms with van der Waals surface area (Å²) in [5.74, 6) is 0.174. The first-order valence-electron chi connectivity index (χ1n) is 8.14. The maximum atomic E-state index is 12.4. The summed E-state index contributed by atoms with van der Waals surface area (Å²) in [5.41, 5.74) is 1.94. The van der Waals surface area contributed by atoms with E-state index in [1.807, 2.05) is 24.3 Å². The Bertz CT molecular complexity index is 763. The van der Waals surface area contributed by atoms with Gasteiger partial charge in [0.15, 0.2) is 6.10 Å². The molecule has 0 aliphatic carbocycles. The molecule has 0 aromatic heterocycles. The number of rotatable bonds is 5. The van der Waals surface area contributed by atoms with Crippen molar-refractivity contribution in [3.8, 4) is 5.75 Å². The predicted molar refractivity (Wildman–Crippen MR) is 93.6 cm³/mol. The number of ether oxygens (including phenoxy) is 1. The number of anilines is 1. The fraction of sp³-hybridized carbons (Fsp3) is 0.263. The van der Waals surface area contributed by atoms with Gasteiger partial charge in [-0.25, -0.2) is 0 Å². The van der Waals surface area contributed by atoms with E-state index in [-0.39, 0.29) is 18.4 Å². The lowest BCUT2D eigenvalue weighted by atomic mass is 10.1. The molecule has 0 radical (unpaired) electrons. The molecule has 2 aromatic carbocycles. The summed E-state index contributed by atoms with van der Waals surface area (Å²) in [6.07, 6.45) is -0.672. The molecular weight excluding hydrogens is 320 g/mol. The Balaban J connectivity index is 1.63. The van der Waals surface area contributed by atoms with Gasteiger partial charge in [-0.05, 0) is 36.8 Å². The van der Waals surface area contributed by atoms with Crippen LogP contribution in [0.3, 0.4) is 0 Å². The van der Waals surface area contributed by atoms with Crippen LogP contribution in [0.25, 0.3) is 0 Å². The van der Waals surface area contributed by atoms with Gasteiger partial charge in [-0.1, -0.05) is 24.3 Å². The van der Waals surface area contributed by atoms with Crippen molar-refractivity contribution < 1.29 is 19.4 Å². The van der Waals surface area contributed by atoms with Crippen molar-refractivity contribution in [2.45, 2.75) is 25.6 Å². The van der Waals surface area contributed by atoms with Gasteiger partial charge in [0.2, 0.25) is 0 Å². The average Bonchev–Trinajstić information content (AvgIpc) is 3.04. The smallest absolute Gasteiger partial charge is 0.265 e. The topological polar surface area (TPSA) is 87.7 Å². The van der Waals surface area contributed by atoms with Crippen LogP contribution < -0.4 is 15.4 Å². The number of hydrogen-bond acceptors (Lipinski definition) is 4. The van der Waals surface area contributed by atoms with Crippen LogP contribution in [-0.4, -0.2) is 35.7 Å². The van der Waals surface area contributed by atoms with Crippen LogP contribution >= 0.6 is 0 Å². The van der Waals surface area contributed by atoms with Gasteiger partial charge < -0.3 is 20.5 Å². The zero-order chi connectivity index (χ0) is 17.8. The minimum Gasteiger partial charge on any atom is -0.480 e. The largest absolute Gasteiger partial charge is 0.480 e. The van der Waals surface area contributed by atoms with Crippen molar-refractivity contribution >= 4 is 17.5 Å². The van der Waals surface area contributed by atoms with Crippen LogP contribution in [0.15, 0.2) is 48.5 Å². The molecule has 0 spiro atoms.